The van der Waals surface area contributed by atoms with Crippen LogP contribution in [0.4, 0.5) is 0 Å². The third kappa shape index (κ3) is 5.28. The quantitative estimate of drug-likeness (QED) is 0.176. The van der Waals surface area contributed by atoms with E-state index in [0.717, 1.165) is 55.4 Å². The Hall–Kier alpha value is -8.46. The zero-order valence-corrected chi connectivity index (χ0v) is 39.4. The average molecular weight is 895 g/mol. The van der Waals surface area contributed by atoms with Crippen molar-refractivity contribution in [3.05, 3.63) is 229 Å². The molecule has 0 spiro atoms. The Morgan fingerprint density at radius 1 is 0.300 bits per heavy atom. The molecule has 0 saturated carbocycles. The van der Waals surface area contributed by atoms with E-state index in [1.807, 2.05) is 0 Å². The zero-order chi connectivity index (χ0) is 46.6. The van der Waals surface area contributed by atoms with E-state index in [1.54, 1.807) is 0 Å². The molecule has 0 saturated heterocycles. The lowest BCUT2D eigenvalue weighted by Crippen LogP contribution is -2.24. The van der Waals surface area contributed by atoms with Gasteiger partial charge >= 0.3 is 0 Å². The van der Waals surface area contributed by atoms with Crippen molar-refractivity contribution in [1.82, 2.24) is 0 Å². The Morgan fingerprint density at radius 2 is 0.643 bits per heavy atom. The molecule has 0 fully saturated rings. The second-order valence-corrected chi connectivity index (χ2v) is 20.7. The first-order valence-electron chi connectivity index (χ1n) is 24.6. The van der Waals surface area contributed by atoms with Crippen molar-refractivity contribution >= 4 is 65.4 Å². The SMILES string of the molecule is CC1(C)c2cc(-c3ccc(-c4cccc5ccccc45)cc3)c3oc4ccccc4c3c2-c2ccc3c(c21)C(C)(C)c1cc(-c2ccc(-c4cccc5ccccc45)cc2)c2oc4ccccc4c2c1-3. The average Bonchev–Trinajstić information content (AvgIpc) is 4.11. The van der Waals surface area contributed by atoms with Crippen LogP contribution in [-0.4, -0.2) is 0 Å². The van der Waals surface area contributed by atoms with Gasteiger partial charge in [0.05, 0.1) is 0 Å². The van der Waals surface area contributed by atoms with Gasteiger partial charge in [0.25, 0.3) is 0 Å². The summed E-state index contributed by atoms with van der Waals surface area (Å²) < 4.78 is 14.0. The minimum absolute atomic E-state index is 0.336. The standard InChI is InChI=1S/C68H46O2/c1-67(2)55-37-53(43-31-27-41(28-32-43)47-23-13-17-39-15-5-7-19-45(39)47)65-61(49-21-9-11-25-57(49)69-65)59(55)51-35-36-52-60-56(68(3,4)64(52)63(51)67)38-54(66-62(60)50-22-10-12-26-58(50)70-66)44-33-29-42(30-34-44)48-24-14-18-40-16-6-8-20-46(40)48/h5-38H,1-4H3. The topological polar surface area (TPSA) is 26.3 Å². The number of fused-ring (bicyclic) bond motifs is 17. The predicted molar refractivity (Wildman–Crippen MR) is 293 cm³/mol. The lowest BCUT2D eigenvalue weighted by Gasteiger charge is -2.31. The molecule has 0 atom stereocenters. The fourth-order valence-corrected chi connectivity index (χ4v) is 13.0. The maximum absolute atomic E-state index is 6.98. The van der Waals surface area contributed by atoms with E-state index in [-0.39, 0.29) is 10.8 Å². The highest BCUT2D eigenvalue weighted by Gasteiger charge is 2.48. The number of rotatable bonds is 4. The first-order valence-corrected chi connectivity index (χ1v) is 24.6. The molecule has 0 amide bonds. The summed E-state index contributed by atoms with van der Waals surface area (Å²) >= 11 is 0. The van der Waals surface area contributed by atoms with Crippen LogP contribution < -0.4 is 0 Å². The number of benzene rings is 11. The van der Waals surface area contributed by atoms with E-state index >= 15 is 0 Å². The largest absolute Gasteiger partial charge is 0.455 e. The van der Waals surface area contributed by atoms with Crippen molar-refractivity contribution in [2.45, 2.75) is 38.5 Å². The van der Waals surface area contributed by atoms with Crippen LogP contribution in [0.5, 0.6) is 0 Å². The van der Waals surface area contributed by atoms with E-state index in [0.29, 0.717) is 0 Å². The first-order chi connectivity index (χ1) is 34.2. The maximum Gasteiger partial charge on any atom is 0.143 e. The molecule has 0 bridgehead atoms. The van der Waals surface area contributed by atoms with Gasteiger partial charge in [0.2, 0.25) is 0 Å². The summed E-state index contributed by atoms with van der Waals surface area (Å²) in [5.41, 5.74) is 23.1. The molecule has 0 unspecified atom stereocenters. The number of hydrogen-bond acceptors (Lipinski definition) is 2. The third-order valence-electron chi connectivity index (χ3n) is 16.2. The highest BCUT2D eigenvalue weighted by molar-refractivity contribution is 6.21. The summed E-state index contributed by atoms with van der Waals surface area (Å²) in [7, 11) is 0. The number of hydrogen-bond donors (Lipinski definition) is 0. The number of furan rings is 2. The van der Waals surface area contributed by atoms with Crippen LogP contribution in [0.25, 0.3) is 132 Å². The van der Waals surface area contributed by atoms with Gasteiger partial charge in [-0.3, -0.25) is 0 Å². The molecular weight excluding hydrogens is 849 g/mol. The molecule has 2 nitrogen and oxygen atoms in total. The van der Waals surface area contributed by atoms with Crippen molar-refractivity contribution < 1.29 is 8.83 Å². The van der Waals surface area contributed by atoms with E-state index in [9.17, 15) is 0 Å². The molecule has 15 rings (SSSR count). The van der Waals surface area contributed by atoms with Crippen LogP contribution >= 0.6 is 0 Å². The van der Waals surface area contributed by atoms with Crippen LogP contribution in [0.1, 0.15) is 49.9 Å². The maximum atomic E-state index is 6.98. The van der Waals surface area contributed by atoms with Gasteiger partial charge in [0, 0.05) is 43.5 Å². The molecule has 0 aliphatic heterocycles. The molecule has 2 aromatic heterocycles. The lowest BCUT2D eigenvalue weighted by molar-refractivity contribution is 0.601. The molecule has 13 aromatic rings. The van der Waals surface area contributed by atoms with Gasteiger partial charge in [-0.2, -0.15) is 0 Å². The summed E-state index contributed by atoms with van der Waals surface area (Å²) in [6.07, 6.45) is 0. The Morgan fingerprint density at radius 3 is 1.06 bits per heavy atom. The van der Waals surface area contributed by atoms with Gasteiger partial charge in [0.15, 0.2) is 0 Å². The van der Waals surface area contributed by atoms with Gasteiger partial charge in [-0.25, -0.2) is 0 Å². The second-order valence-electron chi connectivity index (χ2n) is 20.7. The summed E-state index contributed by atoms with van der Waals surface area (Å²) in [4.78, 5) is 0. The summed E-state index contributed by atoms with van der Waals surface area (Å²) in [5, 5.41) is 9.70. The fourth-order valence-electron chi connectivity index (χ4n) is 13.0. The van der Waals surface area contributed by atoms with Crippen LogP contribution in [0.3, 0.4) is 0 Å². The van der Waals surface area contributed by atoms with Gasteiger partial charge in [-0.05, 0) is 124 Å². The molecule has 2 heterocycles. The second kappa shape index (κ2) is 14.1. The lowest BCUT2D eigenvalue weighted by atomic mass is 9.72. The molecule has 70 heavy (non-hydrogen) atoms. The summed E-state index contributed by atoms with van der Waals surface area (Å²) in [5.74, 6) is 0. The van der Waals surface area contributed by atoms with Crippen molar-refractivity contribution in [1.29, 1.82) is 0 Å². The highest BCUT2D eigenvalue weighted by Crippen LogP contribution is 2.63. The molecule has 2 aliphatic rings. The zero-order valence-electron chi connectivity index (χ0n) is 39.4. The molecule has 2 aliphatic carbocycles. The molecule has 2 heteroatoms. The third-order valence-corrected chi connectivity index (χ3v) is 16.2. The predicted octanol–water partition coefficient (Wildman–Crippen LogP) is 19.1. The Balaban J connectivity index is 0.922. The molecule has 11 aromatic carbocycles. The van der Waals surface area contributed by atoms with E-state index < -0.39 is 0 Å². The van der Waals surface area contributed by atoms with Crippen LogP contribution in [0.2, 0.25) is 0 Å². The monoisotopic (exact) mass is 894 g/mol. The van der Waals surface area contributed by atoms with Gasteiger partial charge < -0.3 is 8.83 Å². The van der Waals surface area contributed by atoms with Crippen molar-refractivity contribution in [2.75, 3.05) is 0 Å². The summed E-state index contributed by atoms with van der Waals surface area (Å²) in [6.45, 7) is 9.79. The van der Waals surface area contributed by atoms with E-state index in [4.69, 9.17) is 8.83 Å². The van der Waals surface area contributed by atoms with Crippen LogP contribution in [-0.2, 0) is 10.8 Å². The molecule has 0 radical (unpaired) electrons. The first kappa shape index (κ1) is 39.5. The minimum Gasteiger partial charge on any atom is -0.455 e. The number of para-hydroxylation sites is 2. The highest BCUT2D eigenvalue weighted by atomic mass is 16.3. The van der Waals surface area contributed by atoms with Crippen molar-refractivity contribution in [3.8, 4) is 66.8 Å². The van der Waals surface area contributed by atoms with E-state index in [1.165, 1.54) is 99.1 Å². The molecule has 330 valence electrons. The Labute approximate surface area is 406 Å². The Kier molecular flexibility index (Phi) is 7.94. The van der Waals surface area contributed by atoms with Gasteiger partial charge in [-0.15, -0.1) is 0 Å². The van der Waals surface area contributed by atoms with Crippen molar-refractivity contribution in [2.24, 2.45) is 0 Å². The van der Waals surface area contributed by atoms with Crippen LogP contribution in [0.15, 0.2) is 215 Å². The van der Waals surface area contributed by atoms with Crippen molar-refractivity contribution in [3.63, 3.8) is 0 Å². The normalized spacial score (nSPS) is 14.2. The van der Waals surface area contributed by atoms with Gasteiger partial charge in [-0.1, -0.05) is 210 Å². The smallest absolute Gasteiger partial charge is 0.143 e. The van der Waals surface area contributed by atoms with Gasteiger partial charge in [0.1, 0.15) is 22.3 Å². The Bertz CT molecular complexity index is 4090. The minimum atomic E-state index is -0.336. The van der Waals surface area contributed by atoms with E-state index in [2.05, 4.69) is 234 Å². The fraction of sp³-hybridized carbons (Fsp3) is 0.0882. The molecule has 0 N–H and O–H groups in total. The van der Waals surface area contributed by atoms with Crippen LogP contribution in [0, 0.1) is 0 Å². The molecular formula is C68H46O2. The summed E-state index contributed by atoms with van der Waals surface area (Å²) in [6, 6.07) is 75.6.